The van der Waals surface area contributed by atoms with Crippen LogP contribution in [0.15, 0.2) is 77.2 Å². The van der Waals surface area contributed by atoms with Crippen molar-refractivity contribution in [2.45, 2.75) is 6.18 Å². The summed E-state index contributed by atoms with van der Waals surface area (Å²) >= 11 is 0. The summed E-state index contributed by atoms with van der Waals surface area (Å²) in [6, 6.07) is 21.1. The standard InChI is InChI=1S/C23H16F3N3O/c1-27-15-7-9-16(10-8-15)29-19(13-22(28-29)23(24,25)26)14-6-11-18-17-4-2-3-5-20(17)30-21(18)12-14/h2-13,27H,1H3. The van der Waals surface area contributed by atoms with Gasteiger partial charge in [-0.1, -0.05) is 24.3 Å². The van der Waals surface area contributed by atoms with E-state index in [-0.39, 0.29) is 0 Å². The summed E-state index contributed by atoms with van der Waals surface area (Å²) in [6.07, 6.45) is -4.55. The van der Waals surface area contributed by atoms with E-state index in [1.807, 2.05) is 30.3 Å². The van der Waals surface area contributed by atoms with Crippen molar-refractivity contribution in [1.29, 1.82) is 0 Å². The monoisotopic (exact) mass is 407 g/mol. The fourth-order valence-electron chi connectivity index (χ4n) is 3.58. The molecule has 5 rings (SSSR count). The molecular formula is C23H16F3N3O. The molecule has 5 aromatic rings. The third-order valence-corrected chi connectivity index (χ3v) is 5.07. The van der Waals surface area contributed by atoms with Crippen LogP contribution in [0.3, 0.4) is 0 Å². The van der Waals surface area contributed by atoms with Gasteiger partial charge in [0.2, 0.25) is 0 Å². The summed E-state index contributed by atoms with van der Waals surface area (Å²) < 4.78 is 47.5. The van der Waals surface area contributed by atoms with Gasteiger partial charge in [0.05, 0.1) is 11.4 Å². The Bertz CT molecular complexity index is 1360. The minimum absolute atomic E-state index is 0.335. The number of alkyl halides is 3. The van der Waals surface area contributed by atoms with Crippen LogP contribution in [-0.2, 0) is 6.18 Å². The third-order valence-electron chi connectivity index (χ3n) is 5.07. The minimum atomic E-state index is -4.55. The molecule has 0 unspecified atom stereocenters. The van der Waals surface area contributed by atoms with Gasteiger partial charge in [0.1, 0.15) is 11.2 Å². The first-order chi connectivity index (χ1) is 14.4. The molecule has 0 bridgehead atoms. The van der Waals surface area contributed by atoms with Crippen LogP contribution in [0.1, 0.15) is 5.69 Å². The molecule has 0 fully saturated rings. The third kappa shape index (κ3) is 2.99. The van der Waals surface area contributed by atoms with Crippen LogP contribution in [0.2, 0.25) is 0 Å². The highest BCUT2D eigenvalue weighted by Gasteiger charge is 2.35. The van der Waals surface area contributed by atoms with E-state index in [2.05, 4.69) is 10.4 Å². The second-order valence-corrected chi connectivity index (χ2v) is 6.93. The van der Waals surface area contributed by atoms with Gasteiger partial charge in [-0.2, -0.15) is 18.3 Å². The van der Waals surface area contributed by atoms with E-state index in [0.29, 0.717) is 22.5 Å². The van der Waals surface area contributed by atoms with Crippen molar-refractivity contribution in [3.63, 3.8) is 0 Å². The average Bonchev–Trinajstić information content (AvgIpc) is 3.35. The van der Waals surface area contributed by atoms with Gasteiger partial charge in [-0.25, -0.2) is 4.68 Å². The van der Waals surface area contributed by atoms with E-state index in [9.17, 15) is 13.2 Å². The summed E-state index contributed by atoms with van der Waals surface area (Å²) in [7, 11) is 1.78. The van der Waals surface area contributed by atoms with Gasteiger partial charge in [-0.15, -0.1) is 0 Å². The van der Waals surface area contributed by atoms with E-state index in [4.69, 9.17) is 4.42 Å². The van der Waals surface area contributed by atoms with E-state index in [0.717, 1.165) is 28.1 Å². The van der Waals surface area contributed by atoms with Crippen molar-refractivity contribution >= 4 is 27.6 Å². The van der Waals surface area contributed by atoms with E-state index >= 15 is 0 Å². The van der Waals surface area contributed by atoms with Crippen molar-refractivity contribution in [1.82, 2.24) is 9.78 Å². The number of para-hydroxylation sites is 1. The van der Waals surface area contributed by atoms with Gasteiger partial charge in [0.15, 0.2) is 5.69 Å². The van der Waals surface area contributed by atoms with Crippen LogP contribution < -0.4 is 5.32 Å². The van der Waals surface area contributed by atoms with Crippen molar-refractivity contribution in [3.8, 4) is 16.9 Å². The fraction of sp³-hybridized carbons (Fsp3) is 0.0870. The summed E-state index contributed by atoms with van der Waals surface area (Å²) in [5.74, 6) is 0. The molecule has 7 heteroatoms. The zero-order valence-electron chi connectivity index (χ0n) is 15.9. The number of hydrogen-bond acceptors (Lipinski definition) is 3. The molecule has 0 aliphatic rings. The van der Waals surface area contributed by atoms with Crippen LogP contribution in [0.4, 0.5) is 18.9 Å². The number of halogens is 3. The lowest BCUT2D eigenvalue weighted by Gasteiger charge is -2.09. The molecule has 0 radical (unpaired) electrons. The van der Waals surface area contributed by atoms with E-state index in [1.54, 1.807) is 43.4 Å². The minimum Gasteiger partial charge on any atom is -0.456 e. The predicted octanol–water partition coefficient (Wildman–Crippen LogP) is 6.50. The Morgan fingerprint density at radius 2 is 1.60 bits per heavy atom. The van der Waals surface area contributed by atoms with Crippen LogP contribution in [0.5, 0.6) is 0 Å². The number of nitrogens with one attached hydrogen (secondary N) is 1. The fourth-order valence-corrected chi connectivity index (χ4v) is 3.58. The second kappa shape index (κ2) is 6.66. The first kappa shape index (κ1) is 18.3. The van der Waals surface area contributed by atoms with Gasteiger partial charge in [0, 0.05) is 29.1 Å². The smallest absolute Gasteiger partial charge is 0.435 e. The highest BCUT2D eigenvalue weighted by molar-refractivity contribution is 6.05. The largest absolute Gasteiger partial charge is 0.456 e. The quantitative estimate of drug-likeness (QED) is 0.371. The van der Waals surface area contributed by atoms with Crippen molar-refractivity contribution in [2.75, 3.05) is 12.4 Å². The van der Waals surface area contributed by atoms with Crippen LogP contribution >= 0.6 is 0 Å². The molecule has 0 saturated heterocycles. The number of furan rings is 1. The molecule has 0 atom stereocenters. The van der Waals surface area contributed by atoms with E-state index < -0.39 is 11.9 Å². The number of nitrogens with zero attached hydrogens (tertiary/aromatic N) is 2. The number of hydrogen-bond donors (Lipinski definition) is 1. The summed E-state index contributed by atoms with van der Waals surface area (Å²) in [5, 5.41) is 8.72. The molecule has 0 saturated carbocycles. The molecule has 0 amide bonds. The maximum absolute atomic E-state index is 13.4. The normalized spacial score (nSPS) is 12.0. The average molecular weight is 407 g/mol. The molecule has 3 aromatic carbocycles. The number of fused-ring (bicyclic) bond motifs is 3. The lowest BCUT2D eigenvalue weighted by Crippen LogP contribution is -2.07. The first-order valence-corrected chi connectivity index (χ1v) is 9.31. The van der Waals surface area contributed by atoms with Crippen molar-refractivity contribution in [2.24, 2.45) is 0 Å². The van der Waals surface area contributed by atoms with Crippen molar-refractivity contribution < 1.29 is 17.6 Å². The maximum atomic E-state index is 13.4. The zero-order chi connectivity index (χ0) is 20.9. The first-order valence-electron chi connectivity index (χ1n) is 9.31. The van der Waals surface area contributed by atoms with Gasteiger partial charge < -0.3 is 9.73 Å². The Hall–Kier alpha value is -3.74. The van der Waals surface area contributed by atoms with Gasteiger partial charge in [-0.3, -0.25) is 0 Å². The van der Waals surface area contributed by atoms with Gasteiger partial charge >= 0.3 is 6.18 Å². The molecule has 0 spiro atoms. The maximum Gasteiger partial charge on any atom is 0.435 e. The molecular weight excluding hydrogens is 391 g/mol. The Morgan fingerprint density at radius 3 is 2.33 bits per heavy atom. The zero-order valence-corrected chi connectivity index (χ0v) is 15.9. The molecule has 0 aliphatic carbocycles. The number of anilines is 1. The molecule has 2 heterocycles. The Kier molecular flexibility index (Phi) is 4.06. The summed E-state index contributed by atoms with van der Waals surface area (Å²) in [4.78, 5) is 0. The lowest BCUT2D eigenvalue weighted by atomic mass is 10.1. The number of benzene rings is 3. The molecule has 2 aromatic heterocycles. The highest BCUT2D eigenvalue weighted by atomic mass is 19.4. The van der Waals surface area contributed by atoms with E-state index in [1.165, 1.54) is 4.68 Å². The molecule has 0 aliphatic heterocycles. The molecule has 1 N–H and O–H groups in total. The Balaban J connectivity index is 1.70. The van der Waals surface area contributed by atoms with Gasteiger partial charge in [-0.05, 0) is 48.5 Å². The summed E-state index contributed by atoms with van der Waals surface area (Å²) in [5.41, 5.74) is 2.71. The van der Waals surface area contributed by atoms with Crippen LogP contribution in [0.25, 0.3) is 38.9 Å². The predicted molar refractivity (Wildman–Crippen MR) is 111 cm³/mol. The van der Waals surface area contributed by atoms with Gasteiger partial charge in [0.25, 0.3) is 0 Å². The molecule has 150 valence electrons. The molecule has 30 heavy (non-hydrogen) atoms. The lowest BCUT2D eigenvalue weighted by molar-refractivity contribution is -0.141. The Morgan fingerprint density at radius 1 is 0.867 bits per heavy atom. The number of rotatable bonds is 3. The highest BCUT2D eigenvalue weighted by Crippen LogP contribution is 2.36. The topological polar surface area (TPSA) is 43.0 Å². The molecule has 4 nitrogen and oxygen atoms in total. The SMILES string of the molecule is CNc1ccc(-n2nc(C(F)(F)F)cc2-c2ccc3c(c2)oc2ccccc23)cc1. The van der Waals surface area contributed by atoms with Crippen molar-refractivity contribution in [3.05, 3.63) is 78.5 Å². The second-order valence-electron chi connectivity index (χ2n) is 6.93. The van der Waals surface area contributed by atoms with Crippen LogP contribution in [0, 0.1) is 0 Å². The van der Waals surface area contributed by atoms with Crippen LogP contribution in [-0.4, -0.2) is 16.8 Å². The Labute approximate surface area is 169 Å². The summed E-state index contributed by atoms with van der Waals surface area (Å²) in [6.45, 7) is 0. The number of aromatic nitrogens is 2.